The number of nitrogens with zero attached hydrogens (tertiary/aromatic N) is 3. The zero-order chi connectivity index (χ0) is 12.6. The summed E-state index contributed by atoms with van der Waals surface area (Å²) < 4.78 is 39.9. The highest BCUT2D eigenvalue weighted by Gasteiger charge is 2.37. The zero-order valence-electron chi connectivity index (χ0n) is 9.04. The lowest BCUT2D eigenvalue weighted by Gasteiger charge is -2.03. The van der Waals surface area contributed by atoms with Crippen molar-refractivity contribution in [1.29, 1.82) is 0 Å². The Morgan fingerprint density at radius 1 is 1.41 bits per heavy atom. The molecular formula is C9H9F3N4S. The van der Waals surface area contributed by atoms with E-state index in [4.69, 9.17) is 0 Å². The number of thiazole rings is 1. The van der Waals surface area contributed by atoms with Crippen LogP contribution in [-0.4, -0.2) is 21.8 Å². The van der Waals surface area contributed by atoms with Gasteiger partial charge in [0.2, 0.25) is 0 Å². The summed E-state index contributed by atoms with van der Waals surface area (Å²) in [6.45, 7) is 0. The van der Waals surface area contributed by atoms with Crippen molar-refractivity contribution in [2.45, 2.75) is 6.18 Å². The van der Waals surface area contributed by atoms with Crippen LogP contribution in [0, 0.1) is 0 Å². The van der Waals surface area contributed by atoms with Gasteiger partial charge in [-0.15, -0.1) is 0 Å². The summed E-state index contributed by atoms with van der Waals surface area (Å²) in [6.07, 6.45) is -1.54. The summed E-state index contributed by atoms with van der Waals surface area (Å²) in [7, 11) is 3.17. The largest absolute Gasteiger partial charge is 0.427 e. The highest BCUT2D eigenvalue weighted by atomic mass is 32.1. The van der Waals surface area contributed by atoms with Crippen molar-refractivity contribution >= 4 is 16.5 Å². The molecule has 0 aromatic carbocycles. The molecule has 0 radical (unpaired) electrons. The monoisotopic (exact) mass is 262 g/mol. The lowest BCUT2D eigenvalue weighted by molar-refractivity contribution is -0.134. The Kier molecular flexibility index (Phi) is 2.82. The Bertz CT molecular complexity index is 529. The smallest absolute Gasteiger partial charge is 0.365 e. The number of rotatable bonds is 2. The molecule has 17 heavy (non-hydrogen) atoms. The average molecular weight is 262 g/mol. The third-order valence-corrected chi connectivity index (χ3v) is 3.19. The van der Waals surface area contributed by atoms with E-state index in [0.29, 0.717) is 16.9 Å². The van der Waals surface area contributed by atoms with Crippen LogP contribution in [0.3, 0.4) is 0 Å². The summed E-state index contributed by atoms with van der Waals surface area (Å²) in [5.74, 6) is 0. The first-order valence-electron chi connectivity index (χ1n) is 4.66. The van der Waals surface area contributed by atoms with Crippen LogP contribution in [-0.2, 0) is 13.2 Å². The van der Waals surface area contributed by atoms with Gasteiger partial charge in [-0.1, -0.05) is 11.3 Å². The van der Waals surface area contributed by atoms with E-state index in [0.717, 1.165) is 0 Å². The topological polar surface area (TPSA) is 42.7 Å². The fourth-order valence-electron chi connectivity index (χ4n) is 1.36. The first-order valence-corrected chi connectivity index (χ1v) is 5.48. The standard InChI is InChI=1S/C9H9F3N4S/c1-13-8-15-6(5-3-14-16(2)4-5)7(17-8)9(10,11)12/h3-4H,1-2H3,(H,13,15). The second-order valence-corrected chi connectivity index (χ2v) is 4.35. The highest BCUT2D eigenvalue weighted by molar-refractivity contribution is 7.16. The predicted octanol–water partition coefficient (Wildman–Crippen LogP) is 2.60. The molecule has 92 valence electrons. The molecule has 8 heteroatoms. The molecule has 0 saturated carbocycles. The second-order valence-electron chi connectivity index (χ2n) is 3.35. The van der Waals surface area contributed by atoms with E-state index < -0.39 is 11.1 Å². The summed E-state index contributed by atoms with van der Waals surface area (Å²) in [5.41, 5.74) is 0.275. The number of hydrogen-bond donors (Lipinski definition) is 1. The minimum Gasteiger partial charge on any atom is -0.365 e. The molecule has 0 aliphatic heterocycles. The van der Waals surface area contributed by atoms with Crippen LogP contribution in [0.15, 0.2) is 12.4 Å². The van der Waals surface area contributed by atoms with Crippen LogP contribution in [0.1, 0.15) is 4.88 Å². The minimum atomic E-state index is -4.40. The van der Waals surface area contributed by atoms with Gasteiger partial charge >= 0.3 is 6.18 Å². The Balaban J connectivity index is 2.56. The van der Waals surface area contributed by atoms with Gasteiger partial charge in [0.1, 0.15) is 4.88 Å². The molecule has 1 N–H and O–H groups in total. The highest BCUT2D eigenvalue weighted by Crippen LogP contribution is 2.42. The molecule has 2 aromatic rings. The van der Waals surface area contributed by atoms with Crippen LogP contribution in [0.4, 0.5) is 18.3 Å². The second kappa shape index (κ2) is 4.02. The molecule has 0 saturated heterocycles. The van der Waals surface area contributed by atoms with Gasteiger partial charge in [-0.05, 0) is 0 Å². The molecule has 0 unspecified atom stereocenters. The van der Waals surface area contributed by atoms with Crippen molar-refractivity contribution in [2.75, 3.05) is 12.4 Å². The lowest BCUT2D eigenvalue weighted by Crippen LogP contribution is -2.03. The molecule has 0 spiro atoms. The number of aromatic nitrogens is 3. The van der Waals surface area contributed by atoms with Gasteiger partial charge in [0.15, 0.2) is 5.13 Å². The molecule has 0 aliphatic rings. The van der Waals surface area contributed by atoms with Crippen molar-refractivity contribution in [3.8, 4) is 11.3 Å². The first-order chi connectivity index (χ1) is 7.91. The number of nitrogens with one attached hydrogen (secondary N) is 1. The van der Waals surface area contributed by atoms with E-state index in [1.807, 2.05) is 0 Å². The van der Waals surface area contributed by atoms with Crippen LogP contribution < -0.4 is 5.32 Å². The third kappa shape index (κ3) is 2.26. The molecular weight excluding hydrogens is 253 g/mol. The van der Waals surface area contributed by atoms with Crippen molar-refractivity contribution < 1.29 is 13.2 Å². The van der Waals surface area contributed by atoms with Gasteiger partial charge < -0.3 is 5.32 Å². The molecule has 0 bridgehead atoms. The van der Waals surface area contributed by atoms with Crippen LogP contribution in [0.5, 0.6) is 0 Å². The van der Waals surface area contributed by atoms with E-state index in [2.05, 4.69) is 15.4 Å². The number of aryl methyl sites for hydroxylation is 1. The van der Waals surface area contributed by atoms with Crippen molar-refractivity contribution in [3.05, 3.63) is 17.3 Å². The Morgan fingerprint density at radius 3 is 2.59 bits per heavy atom. The number of anilines is 1. The van der Waals surface area contributed by atoms with Crippen molar-refractivity contribution in [1.82, 2.24) is 14.8 Å². The zero-order valence-corrected chi connectivity index (χ0v) is 9.85. The van der Waals surface area contributed by atoms with Gasteiger partial charge in [-0.3, -0.25) is 4.68 Å². The molecule has 0 fully saturated rings. The molecule has 2 aromatic heterocycles. The Hall–Kier alpha value is -1.57. The van der Waals surface area contributed by atoms with E-state index >= 15 is 0 Å². The first kappa shape index (κ1) is 11.9. The van der Waals surface area contributed by atoms with Crippen LogP contribution >= 0.6 is 11.3 Å². The molecule has 0 aliphatic carbocycles. The maximum atomic E-state index is 12.8. The van der Waals surface area contributed by atoms with E-state index in [-0.39, 0.29) is 10.8 Å². The quantitative estimate of drug-likeness (QED) is 0.904. The normalized spacial score (nSPS) is 11.8. The SMILES string of the molecule is CNc1nc(-c2cnn(C)c2)c(C(F)(F)F)s1. The van der Waals surface area contributed by atoms with Crippen molar-refractivity contribution in [2.24, 2.45) is 7.05 Å². The van der Waals surface area contributed by atoms with E-state index in [1.54, 1.807) is 7.05 Å². The predicted molar refractivity (Wildman–Crippen MR) is 58.9 cm³/mol. The number of halogens is 3. The van der Waals surface area contributed by atoms with Crippen molar-refractivity contribution in [3.63, 3.8) is 0 Å². The molecule has 0 atom stereocenters. The van der Waals surface area contributed by atoms with Gasteiger partial charge in [0.25, 0.3) is 0 Å². The van der Waals surface area contributed by atoms with Gasteiger partial charge in [-0.2, -0.15) is 18.3 Å². The fraction of sp³-hybridized carbons (Fsp3) is 0.333. The summed E-state index contributed by atoms with van der Waals surface area (Å²) in [4.78, 5) is 3.20. The lowest BCUT2D eigenvalue weighted by atomic mass is 10.2. The number of hydrogen-bond acceptors (Lipinski definition) is 4. The summed E-state index contributed by atoms with van der Waals surface area (Å²) >= 11 is 0.586. The summed E-state index contributed by atoms with van der Waals surface area (Å²) in [6, 6.07) is 0. The molecule has 0 amide bonds. The maximum absolute atomic E-state index is 12.8. The van der Waals surface area contributed by atoms with Gasteiger partial charge in [-0.25, -0.2) is 4.98 Å². The Morgan fingerprint density at radius 2 is 2.12 bits per heavy atom. The average Bonchev–Trinajstić information content (AvgIpc) is 2.81. The molecule has 2 rings (SSSR count). The van der Waals surface area contributed by atoms with Crippen LogP contribution in [0.25, 0.3) is 11.3 Å². The number of alkyl halides is 3. The summed E-state index contributed by atoms with van der Waals surface area (Å²) in [5, 5.41) is 6.69. The van der Waals surface area contributed by atoms with Crippen LogP contribution in [0.2, 0.25) is 0 Å². The Labute approximate surface area is 99.1 Å². The maximum Gasteiger partial charge on any atom is 0.427 e. The van der Waals surface area contributed by atoms with E-state index in [9.17, 15) is 13.2 Å². The third-order valence-electron chi connectivity index (χ3n) is 2.08. The molecule has 4 nitrogen and oxygen atoms in total. The minimum absolute atomic E-state index is 0.0834. The van der Waals surface area contributed by atoms with E-state index in [1.165, 1.54) is 24.1 Å². The molecule has 2 heterocycles. The fourth-order valence-corrected chi connectivity index (χ4v) is 2.17. The van der Waals surface area contributed by atoms with Gasteiger partial charge in [0.05, 0.1) is 11.9 Å². The van der Waals surface area contributed by atoms with Gasteiger partial charge in [0, 0.05) is 25.9 Å².